The number of ether oxygens (including phenoxy) is 6. The molecule has 0 fully saturated rings. The van der Waals surface area contributed by atoms with E-state index in [1.807, 2.05) is 0 Å². The van der Waals surface area contributed by atoms with Crippen molar-refractivity contribution in [3.8, 4) is 23.0 Å². The Morgan fingerprint density at radius 2 is 0.812 bits per heavy atom. The molecule has 0 bridgehead atoms. The van der Waals surface area contributed by atoms with Gasteiger partial charge in [-0.25, -0.2) is 0 Å². The van der Waals surface area contributed by atoms with Gasteiger partial charge in [-0.1, -0.05) is 12.1 Å². The molecule has 1 heterocycles. The summed E-state index contributed by atoms with van der Waals surface area (Å²) in [6, 6.07) is 9.30. The number of hydrogen-bond acceptors (Lipinski definition) is 10. The Kier molecular flexibility index (Phi) is 9.47. The summed E-state index contributed by atoms with van der Waals surface area (Å²) in [6.45, 7) is 2.05. The molecule has 32 heavy (non-hydrogen) atoms. The monoisotopic (exact) mass is 448 g/mol. The van der Waals surface area contributed by atoms with E-state index in [9.17, 15) is 20.1 Å². The van der Waals surface area contributed by atoms with E-state index in [0.717, 1.165) is 0 Å². The van der Waals surface area contributed by atoms with Gasteiger partial charge < -0.3 is 48.5 Å². The summed E-state index contributed by atoms with van der Waals surface area (Å²) in [4.78, 5) is 0. The molecule has 1 aliphatic rings. The Hall–Kier alpha value is -2.47. The zero-order chi connectivity index (χ0) is 22.8. The van der Waals surface area contributed by atoms with Crippen LogP contribution in [0.2, 0.25) is 0 Å². The molecule has 0 aromatic heterocycles. The molecule has 0 amide bonds. The van der Waals surface area contributed by atoms with Crippen molar-refractivity contribution in [2.24, 2.45) is 0 Å². The fourth-order valence-electron chi connectivity index (χ4n) is 2.88. The van der Waals surface area contributed by atoms with Crippen LogP contribution in [-0.4, -0.2) is 87.2 Å². The average molecular weight is 448 g/mol. The molecule has 172 valence electrons. The summed E-state index contributed by atoms with van der Waals surface area (Å²) < 4.78 is 33.8. The van der Waals surface area contributed by atoms with E-state index in [-0.39, 0.29) is 50.6 Å². The Bertz CT molecular complexity index is 782. The third-order valence-electron chi connectivity index (χ3n) is 4.47. The molecule has 4 N–H and O–H groups in total. The molecule has 2 aromatic rings. The van der Waals surface area contributed by atoms with Crippen LogP contribution in [-0.2, 0) is 9.47 Å². The van der Waals surface area contributed by atoms with Gasteiger partial charge >= 0.3 is 14.2 Å². The quantitative estimate of drug-likeness (QED) is 0.394. The minimum absolute atomic E-state index is 0.207. The highest BCUT2D eigenvalue weighted by Crippen LogP contribution is 2.27. The lowest BCUT2D eigenvalue weighted by molar-refractivity contribution is 0.0640. The molecule has 0 saturated carbocycles. The molecule has 1 aliphatic heterocycles. The molecular weight excluding hydrogens is 422 g/mol. The fourth-order valence-corrected chi connectivity index (χ4v) is 2.88. The van der Waals surface area contributed by atoms with Crippen molar-refractivity contribution < 1.29 is 48.5 Å². The minimum Gasteiger partial charge on any atom is -0.487 e. The highest BCUT2D eigenvalue weighted by atomic mass is 16.6. The summed E-state index contributed by atoms with van der Waals surface area (Å²) in [6.07, 6.45) is 0. The first kappa shape index (κ1) is 24.2. The molecule has 12 heteroatoms. The van der Waals surface area contributed by atoms with Gasteiger partial charge in [0.25, 0.3) is 0 Å². The van der Waals surface area contributed by atoms with E-state index in [4.69, 9.17) is 28.4 Å². The molecule has 0 radical (unpaired) electrons. The van der Waals surface area contributed by atoms with Crippen LogP contribution in [0, 0.1) is 0 Å². The molecule has 0 atom stereocenters. The van der Waals surface area contributed by atoms with Gasteiger partial charge in [0.15, 0.2) is 23.0 Å². The summed E-state index contributed by atoms with van der Waals surface area (Å²) in [7, 11) is -3.24. The van der Waals surface area contributed by atoms with E-state index >= 15 is 0 Å². The predicted octanol–water partition coefficient (Wildman–Crippen LogP) is -1.69. The zero-order valence-corrected chi connectivity index (χ0v) is 17.5. The molecule has 0 spiro atoms. The molecule has 0 saturated heterocycles. The molecular formula is C20H26B2O10. The zero-order valence-electron chi connectivity index (χ0n) is 17.5. The van der Waals surface area contributed by atoms with E-state index < -0.39 is 14.2 Å². The van der Waals surface area contributed by atoms with Crippen LogP contribution in [0.5, 0.6) is 23.0 Å². The van der Waals surface area contributed by atoms with Crippen LogP contribution < -0.4 is 29.9 Å². The topological polar surface area (TPSA) is 136 Å². The number of hydrogen-bond donors (Lipinski definition) is 4. The van der Waals surface area contributed by atoms with E-state index in [1.54, 1.807) is 24.3 Å². The third kappa shape index (κ3) is 7.30. The molecule has 0 aliphatic carbocycles. The van der Waals surface area contributed by atoms with Crippen molar-refractivity contribution in [2.75, 3.05) is 52.9 Å². The second-order valence-corrected chi connectivity index (χ2v) is 6.78. The summed E-state index contributed by atoms with van der Waals surface area (Å²) in [5.41, 5.74) is 0.562. The van der Waals surface area contributed by atoms with E-state index in [1.165, 1.54) is 12.1 Å². The average Bonchev–Trinajstić information content (AvgIpc) is 2.78. The second-order valence-electron chi connectivity index (χ2n) is 6.78. The Labute approximate surface area is 186 Å². The molecule has 0 unspecified atom stereocenters. The van der Waals surface area contributed by atoms with Gasteiger partial charge in [-0.15, -0.1) is 0 Å². The number of fused-ring (bicyclic) bond motifs is 2. The number of rotatable bonds is 2. The van der Waals surface area contributed by atoms with Crippen molar-refractivity contribution in [3.05, 3.63) is 36.4 Å². The lowest BCUT2D eigenvalue weighted by atomic mass is 9.80. The first-order valence-electron chi connectivity index (χ1n) is 10.2. The van der Waals surface area contributed by atoms with Crippen LogP contribution in [0.1, 0.15) is 0 Å². The maximum absolute atomic E-state index is 9.39. The standard InChI is InChI=1S/C20H26B2O10/c23-21(24)15-1-3-17-19(13-15)31-11-7-28-8-12-32-20-14-16(22(25)26)2-4-18(20)30-10-6-27-5-9-29-17/h1-4,13-14,23-26H,5-12H2. The van der Waals surface area contributed by atoms with Crippen molar-refractivity contribution in [1.82, 2.24) is 0 Å². The van der Waals surface area contributed by atoms with Gasteiger partial charge in [0.2, 0.25) is 0 Å². The van der Waals surface area contributed by atoms with E-state index in [2.05, 4.69) is 0 Å². The lowest BCUT2D eigenvalue weighted by Gasteiger charge is -2.16. The summed E-state index contributed by atoms with van der Waals surface area (Å²) >= 11 is 0. The number of benzene rings is 2. The van der Waals surface area contributed by atoms with Gasteiger partial charge in [-0.05, 0) is 35.2 Å². The SMILES string of the molecule is OB(O)c1ccc2c(c1)OCCOCCOc1cc(B(O)O)ccc1OCCOCCO2. The molecule has 3 rings (SSSR count). The van der Waals surface area contributed by atoms with Crippen molar-refractivity contribution in [1.29, 1.82) is 0 Å². The summed E-state index contributed by atoms with van der Waals surface area (Å²) in [5.74, 6) is 1.64. The smallest absolute Gasteiger partial charge is 0.487 e. The Balaban J connectivity index is 1.63. The third-order valence-corrected chi connectivity index (χ3v) is 4.47. The van der Waals surface area contributed by atoms with Crippen LogP contribution >= 0.6 is 0 Å². The molecule has 10 nitrogen and oxygen atoms in total. The van der Waals surface area contributed by atoms with Crippen molar-refractivity contribution >= 4 is 25.2 Å². The van der Waals surface area contributed by atoms with Gasteiger partial charge in [-0.3, -0.25) is 0 Å². The van der Waals surface area contributed by atoms with Crippen molar-refractivity contribution in [3.63, 3.8) is 0 Å². The fraction of sp³-hybridized carbons (Fsp3) is 0.400. The maximum atomic E-state index is 9.39. The van der Waals surface area contributed by atoms with Crippen molar-refractivity contribution in [2.45, 2.75) is 0 Å². The maximum Gasteiger partial charge on any atom is 0.488 e. The largest absolute Gasteiger partial charge is 0.488 e. The Morgan fingerprint density at radius 3 is 1.16 bits per heavy atom. The predicted molar refractivity (Wildman–Crippen MR) is 116 cm³/mol. The first-order valence-corrected chi connectivity index (χ1v) is 10.2. The van der Waals surface area contributed by atoms with Crippen LogP contribution in [0.4, 0.5) is 0 Å². The lowest BCUT2D eigenvalue weighted by Crippen LogP contribution is -2.30. The van der Waals surface area contributed by atoms with Gasteiger partial charge in [-0.2, -0.15) is 0 Å². The first-order chi connectivity index (χ1) is 15.5. The Morgan fingerprint density at radius 1 is 0.469 bits per heavy atom. The highest BCUT2D eigenvalue weighted by Gasteiger charge is 2.17. The van der Waals surface area contributed by atoms with Gasteiger partial charge in [0.05, 0.1) is 26.4 Å². The molecule has 2 aromatic carbocycles. The van der Waals surface area contributed by atoms with E-state index in [0.29, 0.717) is 36.2 Å². The van der Waals surface area contributed by atoms with Crippen LogP contribution in [0.25, 0.3) is 0 Å². The van der Waals surface area contributed by atoms with Gasteiger partial charge in [0.1, 0.15) is 26.4 Å². The second kappa shape index (κ2) is 12.5. The van der Waals surface area contributed by atoms with Crippen LogP contribution in [0.3, 0.4) is 0 Å². The van der Waals surface area contributed by atoms with Gasteiger partial charge in [0, 0.05) is 0 Å². The summed E-state index contributed by atoms with van der Waals surface area (Å²) in [5, 5.41) is 37.6. The highest BCUT2D eigenvalue weighted by molar-refractivity contribution is 6.59. The minimum atomic E-state index is -1.62. The normalized spacial score (nSPS) is 15.9. The van der Waals surface area contributed by atoms with Crippen LogP contribution in [0.15, 0.2) is 36.4 Å².